The molecular weight excluding hydrogens is 224 g/mol. The standard InChI is InChI=1S/C14H20N4/c1-17-9-5-4-6-11(17)10-18-13-8-3-2-7-12(13)16-14(18)15/h2-3,7-8,11H,4-6,9-10H2,1H3,(H2,15,16). The van der Waals surface area contributed by atoms with E-state index in [9.17, 15) is 0 Å². The van der Waals surface area contributed by atoms with Crippen LogP contribution in [-0.2, 0) is 6.54 Å². The predicted molar refractivity (Wildman–Crippen MR) is 74.4 cm³/mol. The summed E-state index contributed by atoms with van der Waals surface area (Å²) >= 11 is 0. The molecule has 1 unspecified atom stereocenters. The highest BCUT2D eigenvalue weighted by molar-refractivity contribution is 5.78. The molecule has 96 valence electrons. The smallest absolute Gasteiger partial charge is 0.201 e. The summed E-state index contributed by atoms with van der Waals surface area (Å²) in [5.74, 6) is 0.634. The number of hydrogen-bond acceptors (Lipinski definition) is 3. The van der Waals surface area contributed by atoms with Crippen molar-refractivity contribution in [1.29, 1.82) is 0 Å². The molecule has 1 aliphatic heterocycles. The number of para-hydroxylation sites is 2. The number of aromatic nitrogens is 2. The highest BCUT2D eigenvalue weighted by atomic mass is 15.2. The van der Waals surface area contributed by atoms with E-state index in [-0.39, 0.29) is 0 Å². The largest absolute Gasteiger partial charge is 0.369 e. The van der Waals surface area contributed by atoms with Gasteiger partial charge in [0.15, 0.2) is 0 Å². The van der Waals surface area contributed by atoms with Crippen LogP contribution in [-0.4, -0.2) is 34.1 Å². The topological polar surface area (TPSA) is 47.1 Å². The number of rotatable bonds is 2. The molecule has 3 rings (SSSR count). The third kappa shape index (κ3) is 1.97. The summed E-state index contributed by atoms with van der Waals surface area (Å²) in [5.41, 5.74) is 8.19. The molecule has 4 nitrogen and oxygen atoms in total. The van der Waals surface area contributed by atoms with E-state index in [2.05, 4.69) is 27.6 Å². The maximum absolute atomic E-state index is 6.05. The molecule has 2 N–H and O–H groups in total. The minimum absolute atomic E-state index is 0.582. The van der Waals surface area contributed by atoms with E-state index in [4.69, 9.17) is 5.73 Å². The van der Waals surface area contributed by atoms with Crippen LogP contribution in [0.1, 0.15) is 19.3 Å². The summed E-state index contributed by atoms with van der Waals surface area (Å²) in [4.78, 5) is 6.87. The first-order chi connectivity index (χ1) is 8.75. The number of hydrogen-bond donors (Lipinski definition) is 1. The van der Waals surface area contributed by atoms with Crippen molar-refractivity contribution in [3.8, 4) is 0 Å². The number of imidazole rings is 1. The lowest BCUT2D eigenvalue weighted by Crippen LogP contribution is -2.39. The molecule has 0 radical (unpaired) electrons. The van der Waals surface area contributed by atoms with Gasteiger partial charge in [-0.25, -0.2) is 4.98 Å². The number of nitrogens with zero attached hydrogens (tertiary/aromatic N) is 3. The Balaban J connectivity index is 1.92. The second-order valence-electron chi connectivity index (χ2n) is 5.20. The third-order valence-electron chi connectivity index (χ3n) is 4.00. The first kappa shape index (κ1) is 11.5. The molecule has 1 fully saturated rings. The highest BCUT2D eigenvalue weighted by Gasteiger charge is 2.21. The monoisotopic (exact) mass is 244 g/mol. The summed E-state index contributed by atoms with van der Waals surface area (Å²) in [5, 5.41) is 0. The van der Waals surface area contributed by atoms with Crippen LogP contribution in [0.5, 0.6) is 0 Å². The van der Waals surface area contributed by atoms with Crippen molar-refractivity contribution in [2.75, 3.05) is 19.3 Å². The van der Waals surface area contributed by atoms with Gasteiger partial charge in [-0.1, -0.05) is 18.6 Å². The fraction of sp³-hybridized carbons (Fsp3) is 0.500. The molecule has 0 bridgehead atoms. The number of fused-ring (bicyclic) bond motifs is 1. The molecule has 0 amide bonds. The Bertz CT molecular complexity index is 546. The second-order valence-corrected chi connectivity index (χ2v) is 5.20. The fourth-order valence-electron chi connectivity index (χ4n) is 2.87. The molecule has 2 aromatic rings. The molecule has 4 heteroatoms. The van der Waals surface area contributed by atoms with E-state index < -0.39 is 0 Å². The summed E-state index contributed by atoms with van der Waals surface area (Å²) in [6.07, 6.45) is 3.89. The Labute approximate surface area is 107 Å². The van der Waals surface area contributed by atoms with Crippen molar-refractivity contribution in [3.63, 3.8) is 0 Å². The van der Waals surface area contributed by atoms with Crippen LogP contribution in [0.25, 0.3) is 11.0 Å². The molecule has 0 spiro atoms. The summed E-state index contributed by atoms with van der Waals surface area (Å²) in [6.45, 7) is 2.14. The summed E-state index contributed by atoms with van der Waals surface area (Å²) < 4.78 is 2.15. The van der Waals surface area contributed by atoms with E-state index in [1.54, 1.807) is 0 Å². The van der Waals surface area contributed by atoms with Crippen molar-refractivity contribution in [1.82, 2.24) is 14.5 Å². The average Bonchev–Trinajstić information content (AvgIpc) is 2.69. The number of nitrogens with two attached hydrogens (primary N) is 1. The highest BCUT2D eigenvalue weighted by Crippen LogP contribution is 2.22. The molecule has 1 aromatic carbocycles. The quantitative estimate of drug-likeness (QED) is 0.880. The Kier molecular flexibility index (Phi) is 2.96. The number of nitrogen functional groups attached to an aromatic ring is 1. The van der Waals surface area contributed by atoms with E-state index >= 15 is 0 Å². The van der Waals surface area contributed by atoms with Gasteiger partial charge < -0.3 is 15.2 Å². The zero-order valence-corrected chi connectivity index (χ0v) is 10.8. The van der Waals surface area contributed by atoms with Crippen LogP contribution in [0.4, 0.5) is 5.95 Å². The van der Waals surface area contributed by atoms with Crippen molar-refractivity contribution < 1.29 is 0 Å². The molecule has 0 saturated carbocycles. The maximum atomic E-state index is 6.05. The van der Waals surface area contributed by atoms with Gasteiger partial charge in [-0.05, 0) is 38.6 Å². The lowest BCUT2D eigenvalue weighted by molar-refractivity contribution is 0.169. The zero-order chi connectivity index (χ0) is 12.5. The van der Waals surface area contributed by atoms with Crippen molar-refractivity contribution in [2.45, 2.75) is 31.8 Å². The SMILES string of the molecule is CN1CCCCC1Cn1c(N)nc2ccccc21. The first-order valence-corrected chi connectivity index (χ1v) is 6.66. The van der Waals surface area contributed by atoms with Gasteiger partial charge in [0.25, 0.3) is 0 Å². The molecular formula is C14H20N4. The van der Waals surface area contributed by atoms with Gasteiger partial charge in [-0.3, -0.25) is 0 Å². The van der Waals surface area contributed by atoms with E-state index in [1.807, 2.05) is 18.2 Å². The van der Waals surface area contributed by atoms with Crippen LogP contribution in [0.2, 0.25) is 0 Å². The predicted octanol–water partition coefficient (Wildman–Crippen LogP) is 2.10. The Morgan fingerprint density at radius 1 is 1.33 bits per heavy atom. The van der Waals surface area contributed by atoms with E-state index in [0.29, 0.717) is 12.0 Å². The van der Waals surface area contributed by atoms with Crippen molar-refractivity contribution >= 4 is 17.0 Å². The van der Waals surface area contributed by atoms with Crippen LogP contribution in [0.3, 0.4) is 0 Å². The molecule has 0 aliphatic carbocycles. The summed E-state index contributed by atoms with van der Waals surface area (Å²) in [6, 6.07) is 8.75. The van der Waals surface area contributed by atoms with Crippen molar-refractivity contribution in [3.05, 3.63) is 24.3 Å². The van der Waals surface area contributed by atoms with Gasteiger partial charge >= 0.3 is 0 Å². The first-order valence-electron chi connectivity index (χ1n) is 6.66. The minimum Gasteiger partial charge on any atom is -0.369 e. The zero-order valence-electron chi connectivity index (χ0n) is 10.8. The molecule has 1 saturated heterocycles. The summed E-state index contributed by atoms with van der Waals surface area (Å²) in [7, 11) is 2.21. The molecule has 1 aliphatic rings. The van der Waals surface area contributed by atoms with Gasteiger partial charge in [0.1, 0.15) is 0 Å². The van der Waals surface area contributed by atoms with Gasteiger partial charge in [-0.15, -0.1) is 0 Å². The number of piperidine rings is 1. The van der Waals surface area contributed by atoms with Crippen molar-refractivity contribution in [2.24, 2.45) is 0 Å². The lowest BCUT2D eigenvalue weighted by Gasteiger charge is -2.32. The van der Waals surface area contributed by atoms with Crippen LogP contribution >= 0.6 is 0 Å². The Morgan fingerprint density at radius 2 is 2.17 bits per heavy atom. The lowest BCUT2D eigenvalue weighted by atomic mass is 10.0. The Morgan fingerprint density at radius 3 is 3.00 bits per heavy atom. The minimum atomic E-state index is 0.582. The van der Waals surface area contributed by atoms with E-state index in [1.165, 1.54) is 25.8 Å². The maximum Gasteiger partial charge on any atom is 0.201 e. The van der Waals surface area contributed by atoms with Gasteiger partial charge in [0.05, 0.1) is 11.0 Å². The third-order valence-corrected chi connectivity index (χ3v) is 4.00. The van der Waals surface area contributed by atoms with Gasteiger partial charge in [0, 0.05) is 12.6 Å². The number of likely N-dealkylation sites (N-methyl/N-ethyl adjacent to an activating group) is 1. The van der Waals surface area contributed by atoms with E-state index in [0.717, 1.165) is 17.6 Å². The van der Waals surface area contributed by atoms with Crippen LogP contribution in [0.15, 0.2) is 24.3 Å². The average molecular weight is 244 g/mol. The molecule has 18 heavy (non-hydrogen) atoms. The van der Waals surface area contributed by atoms with Crippen LogP contribution in [0, 0.1) is 0 Å². The normalized spacial score (nSPS) is 21.5. The number of anilines is 1. The number of likely N-dealkylation sites (tertiary alicyclic amines) is 1. The fourth-order valence-corrected chi connectivity index (χ4v) is 2.87. The Hall–Kier alpha value is -1.55. The molecule has 1 atom stereocenters. The molecule has 2 heterocycles. The number of benzene rings is 1. The van der Waals surface area contributed by atoms with Gasteiger partial charge in [0.2, 0.25) is 5.95 Å². The second kappa shape index (κ2) is 4.61. The molecule has 1 aromatic heterocycles. The van der Waals surface area contributed by atoms with Crippen LogP contribution < -0.4 is 5.73 Å². The van der Waals surface area contributed by atoms with Gasteiger partial charge in [-0.2, -0.15) is 0 Å².